The van der Waals surface area contributed by atoms with E-state index in [1.165, 1.54) is 12.1 Å². The summed E-state index contributed by atoms with van der Waals surface area (Å²) in [5, 5.41) is 10.2. The molecule has 1 saturated heterocycles. The fourth-order valence-electron chi connectivity index (χ4n) is 3.18. The molecular formula is C19H17F2N3O2. The van der Waals surface area contributed by atoms with Crippen LogP contribution in [-0.4, -0.2) is 35.4 Å². The molecule has 1 atom stereocenters. The average Bonchev–Trinajstić information content (AvgIpc) is 3.31. The monoisotopic (exact) mass is 357 g/mol. The average molecular weight is 357 g/mol. The molecule has 1 aromatic heterocycles. The predicted molar refractivity (Wildman–Crippen MR) is 92.8 cm³/mol. The first-order valence-corrected chi connectivity index (χ1v) is 8.46. The second-order valence-electron chi connectivity index (χ2n) is 6.28. The van der Waals surface area contributed by atoms with Gasteiger partial charge in [0.1, 0.15) is 0 Å². The van der Waals surface area contributed by atoms with Gasteiger partial charge in [0, 0.05) is 24.1 Å². The van der Waals surface area contributed by atoms with Crippen LogP contribution in [0.1, 0.15) is 23.3 Å². The number of carbonyl (C=O) groups excluding carboxylic acids is 1. The Morgan fingerprint density at radius 2 is 2.19 bits per heavy atom. The number of H-pyrrole nitrogens is 1. The van der Waals surface area contributed by atoms with Crippen LogP contribution in [0.3, 0.4) is 0 Å². The van der Waals surface area contributed by atoms with Crippen LogP contribution in [0.2, 0.25) is 0 Å². The Balaban J connectivity index is 1.64. The minimum absolute atomic E-state index is 0.0288. The third-order valence-electron chi connectivity index (χ3n) is 4.55. The van der Waals surface area contributed by atoms with Gasteiger partial charge in [-0.3, -0.25) is 9.89 Å². The summed E-state index contributed by atoms with van der Waals surface area (Å²) in [6.07, 6.45) is 1.94. The van der Waals surface area contributed by atoms with Gasteiger partial charge in [0.2, 0.25) is 0 Å². The summed E-state index contributed by atoms with van der Waals surface area (Å²) in [5.41, 5.74) is 1.48. The van der Waals surface area contributed by atoms with E-state index < -0.39 is 11.6 Å². The maximum Gasteiger partial charge on any atom is 0.272 e. The van der Waals surface area contributed by atoms with E-state index in [0.29, 0.717) is 29.6 Å². The molecule has 2 aromatic carbocycles. The van der Waals surface area contributed by atoms with E-state index in [0.717, 1.165) is 18.9 Å². The van der Waals surface area contributed by atoms with Crippen LogP contribution < -0.4 is 5.32 Å². The molecule has 4 rings (SSSR count). The van der Waals surface area contributed by atoms with Gasteiger partial charge in [-0.25, -0.2) is 8.78 Å². The van der Waals surface area contributed by atoms with E-state index in [1.807, 2.05) is 0 Å². The van der Waals surface area contributed by atoms with Crippen molar-refractivity contribution in [2.45, 2.75) is 18.9 Å². The lowest BCUT2D eigenvalue weighted by atomic mass is 10.0. The van der Waals surface area contributed by atoms with Crippen molar-refractivity contribution in [3.63, 3.8) is 0 Å². The number of halogens is 2. The van der Waals surface area contributed by atoms with Crippen LogP contribution in [0.15, 0.2) is 36.4 Å². The van der Waals surface area contributed by atoms with Crippen LogP contribution in [0.5, 0.6) is 0 Å². The fraction of sp³-hybridized carbons (Fsp3) is 0.263. The number of ether oxygens (including phenoxy) is 1. The summed E-state index contributed by atoms with van der Waals surface area (Å²) < 4.78 is 33.1. The normalized spacial score (nSPS) is 16.9. The van der Waals surface area contributed by atoms with Crippen molar-refractivity contribution >= 4 is 16.8 Å². The van der Waals surface area contributed by atoms with E-state index in [2.05, 4.69) is 15.5 Å². The molecule has 1 aliphatic heterocycles. The number of fused-ring (bicyclic) bond motifs is 1. The van der Waals surface area contributed by atoms with Gasteiger partial charge in [-0.2, -0.15) is 5.10 Å². The number of hydrogen-bond donors (Lipinski definition) is 2. The van der Waals surface area contributed by atoms with E-state index in [4.69, 9.17) is 4.74 Å². The highest BCUT2D eigenvalue weighted by Gasteiger charge is 2.20. The lowest BCUT2D eigenvalue weighted by molar-refractivity contribution is 0.0855. The quantitative estimate of drug-likeness (QED) is 0.752. The van der Waals surface area contributed by atoms with Gasteiger partial charge in [-0.1, -0.05) is 18.2 Å². The van der Waals surface area contributed by atoms with Gasteiger partial charge in [0.25, 0.3) is 5.91 Å². The van der Waals surface area contributed by atoms with E-state index >= 15 is 0 Å². The van der Waals surface area contributed by atoms with Crippen molar-refractivity contribution in [1.29, 1.82) is 0 Å². The Hall–Kier alpha value is -2.80. The molecule has 0 spiro atoms. The maximum absolute atomic E-state index is 14.1. The second kappa shape index (κ2) is 6.84. The summed E-state index contributed by atoms with van der Waals surface area (Å²) in [7, 11) is 0. The fourth-order valence-corrected chi connectivity index (χ4v) is 3.18. The maximum atomic E-state index is 14.1. The first-order chi connectivity index (χ1) is 12.6. The number of nitrogens with zero attached hydrogens (tertiary/aromatic N) is 1. The smallest absolute Gasteiger partial charge is 0.272 e. The van der Waals surface area contributed by atoms with Crippen LogP contribution in [-0.2, 0) is 4.74 Å². The van der Waals surface area contributed by atoms with Gasteiger partial charge in [-0.15, -0.1) is 0 Å². The lowest BCUT2D eigenvalue weighted by Crippen LogP contribution is -2.32. The molecule has 1 unspecified atom stereocenters. The molecular weight excluding hydrogens is 340 g/mol. The molecule has 1 fully saturated rings. The number of carbonyl (C=O) groups is 1. The summed E-state index contributed by atoms with van der Waals surface area (Å²) >= 11 is 0. The molecule has 0 radical (unpaired) electrons. The number of rotatable bonds is 4. The van der Waals surface area contributed by atoms with Crippen molar-refractivity contribution in [2.24, 2.45) is 0 Å². The molecule has 1 aliphatic rings. The number of nitrogens with one attached hydrogen (secondary N) is 2. The number of amides is 1. The molecule has 3 aromatic rings. The Morgan fingerprint density at radius 3 is 3.00 bits per heavy atom. The van der Waals surface area contributed by atoms with Crippen LogP contribution in [0, 0.1) is 11.6 Å². The van der Waals surface area contributed by atoms with Crippen molar-refractivity contribution in [2.75, 3.05) is 13.2 Å². The van der Waals surface area contributed by atoms with Crippen molar-refractivity contribution in [3.05, 3.63) is 53.7 Å². The predicted octanol–water partition coefficient (Wildman–Crippen LogP) is 3.42. The highest BCUT2D eigenvalue weighted by Crippen LogP contribution is 2.28. The van der Waals surface area contributed by atoms with Crippen molar-refractivity contribution < 1.29 is 18.3 Å². The van der Waals surface area contributed by atoms with Crippen LogP contribution in [0.4, 0.5) is 8.78 Å². The Kier molecular flexibility index (Phi) is 4.38. The Morgan fingerprint density at radius 1 is 1.31 bits per heavy atom. The molecule has 0 saturated carbocycles. The van der Waals surface area contributed by atoms with Crippen LogP contribution in [0.25, 0.3) is 22.0 Å². The molecule has 2 heterocycles. The van der Waals surface area contributed by atoms with Gasteiger partial charge in [0.15, 0.2) is 17.3 Å². The minimum Gasteiger partial charge on any atom is -0.376 e. The Labute approximate surface area is 148 Å². The largest absolute Gasteiger partial charge is 0.376 e. The van der Waals surface area contributed by atoms with Gasteiger partial charge >= 0.3 is 0 Å². The number of benzene rings is 2. The summed E-state index contributed by atoms with van der Waals surface area (Å²) in [5.74, 6) is -2.16. The van der Waals surface area contributed by atoms with E-state index in [9.17, 15) is 13.6 Å². The van der Waals surface area contributed by atoms with Crippen LogP contribution >= 0.6 is 0 Å². The molecule has 26 heavy (non-hydrogen) atoms. The topological polar surface area (TPSA) is 67.0 Å². The van der Waals surface area contributed by atoms with Crippen molar-refractivity contribution in [1.82, 2.24) is 15.5 Å². The zero-order chi connectivity index (χ0) is 18.1. The van der Waals surface area contributed by atoms with Gasteiger partial charge in [0.05, 0.1) is 11.6 Å². The summed E-state index contributed by atoms with van der Waals surface area (Å²) in [6, 6.07) is 9.00. The first kappa shape index (κ1) is 16.7. The molecule has 7 heteroatoms. The zero-order valence-electron chi connectivity index (χ0n) is 13.9. The number of hydrogen-bond acceptors (Lipinski definition) is 3. The number of aromatic amines is 1. The minimum atomic E-state index is -0.917. The zero-order valence-corrected chi connectivity index (χ0v) is 13.9. The highest BCUT2D eigenvalue weighted by molar-refractivity contribution is 6.05. The number of aromatic nitrogens is 2. The summed E-state index contributed by atoms with van der Waals surface area (Å²) in [4.78, 5) is 12.5. The first-order valence-electron chi connectivity index (χ1n) is 8.46. The molecule has 2 N–H and O–H groups in total. The highest BCUT2D eigenvalue weighted by atomic mass is 19.2. The molecule has 1 amide bonds. The van der Waals surface area contributed by atoms with Gasteiger partial charge < -0.3 is 10.1 Å². The third kappa shape index (κ3) is 3.06. The van der Waals surface area contributed by atoms with E-state index in [1.54, 1.807) is 18.2 Å². The SMILES string of the molecule is O=C(NCC1CCCO1)c1n[nH]c2ccc(-c3cccc(F)c3F)cc12. The van der Waals surface area contributed by atoms with Crippen molar-refractivity contribution in [3.8, 4) is 11.1 Å². The molecule has 5 nitrogen and oxygen atoms in total. The molecule has 0 aliphatic carbocycles. The summed E-state index contributed by atoms with van der Waals surface area (Å²) in [6.45, 7) is 1.14. The van der Waals surface area contributed by atoms with E-state index in [-0.39, 0.29) is 23.3 Å². The van der Waals surface area contributed by atoms with Gasteiger partial charge in [-0.05, 0) is 36.6 Å². The Bertz CT molecular complexity index is 965. The molecule has 134 valence electrons. The second-order valence-corrected chi connectivity index (χ2v) is 6.28. The standard InChI is InChI=1S/C19H17F2N3O2/c20-15-5-1-4-13(17(15)21)11-6-7-16-14(9-11)18(24-23-16)19(25)22-10-12-3-2-8-26-12/h1,4-7,9,12H,2-3,8,10H2,(H,22,25)(H,23,24). The third-order valence-corrected chi connectivity index (χ3v) is 4.55. The lowest BCUT2D eigenvalue weighted by Gasteiger charge is -2.10. The molecule has 0 bridgehead atoms.